The van der Waals surface area contributed by atoms with Crippen molar-refractivity contribution >= 4 is 21.6 Å². The summed E-state index contributed by atoms with van der Waals surface area (Å²) in [5, 5.41) is 2.68. The van der Waals surface area contributed by atoms with Gasteiger partial charge in [-0.05, 0) is 61.0 Å². The van der Waals surface area contributed by atoms with Crippen LogP contribution in [0.15, 0.2) is 77.7 Å². The Morgan fingerprint density at radius 2 is 1.68 bits per heavy atom. The summed E-state index contributed by atoms with van der Waals surface area (Å²) in [5.41, 5.74) is -0.0330. The van der Waals surface area contributed by atoms with Crippen molar-refractivity contribution < 1.29 is 26.7 Å². The van der Waals surface area contributed by atoms with Crippen LogP contribution in [0.3, 0.4) is 0 Å². The number of sulfonamides is 1. The van der Waals surface area contributed by atoms with E-state index in [0.717, 1.165) is 6.07 Å². The third kappa shape index (κ3) is 6.26. The Bertz CT molecular complexity index is 1150. The number of hydrogen-bond donors (Lipinski definition) is 2. The van der Waals surface area contributed by atoms with Gasteiger partial charge in [0.2, 0.25) is 0 Å². The predicted molar refractivity (Wildman–Crippen MR) is 112 cm³/mol. The average Bonchev–Trinajstić information content (AvgIpc) is 2.76. The highest BCUT2D eigenvalue weighted by Crippen LogP contribution is 2.19. The minimum atomic E-state index is -4.07. The van der Waals surface area contributed by atoms with Crippen LogP contribution >= 0.6 is 0 Å². The number of carbonyl (C=O) groups is 1. The summed E-state index contributed by atoms with van der Waals surface area (Å²) in [7, 11) is -4.07. The molecule has 0 fully saturated rings. The third-order valence-corrected chi connectivity index (χ3v) is 5.58. The first-order chi connectivity index (χ1) is 14.8. The normalized spacial score (nSPS) is 11.0. The number of benzene rings is 3. The Morgan fingerprint density at radius 1 is 0.935 bits per heavy atom. The van der Waals surface area contributed by atoms with Crippen LogP contribution in [0.4, 0.5) is 14.5 Å². The van der Waals surface area contributed by atoms with Crippen molar-refractivity contribution in [1.29, 1.82) is 0 Å². The molecule has 0 spiro atoms. The lowest BCUT2D eigenvalue weighted by atomic mass is 10.2. The molecular weight excluding hydrogens is 426 g/mol. The quantitative estimate of drug-likeness (QED) is 0.487. The molecule has 3 aromatic rings. The van der Waals surface area contributed by atoms with Gasteiger partial charge in [-0.15, -0.1) is 0 Å². The van der Waals surface area contributed by atoms with Gasteiger partial charge < -0.3 is 10.1 Å². The molecule has 9 heteroatoms. The summed E-state index contributed by atoms with van der Waals surface area (Å²) in [6.45, 7) is 0.609. The molecule has 3 rings (SSSR count). The van der Waals surface area contributed by atoms with Crippen molar-refractivity contribution in [3.8, 4) is 5.75 Å². The van der Waals surface area contributed by atoms with Crippen LogP contribution in [-0.4, -0.2) is 27.5 Å². The molecule has 0 saturated heterocycles. The maximum absolute atomic E-state index is 13.8. The molecule has 0 bridgehead atoms. The van der Waals surface area contributed by atoms with Gasteiger partial charge in [0, 0.05) is 12.1 Å². The molecular formula is C22H20F2N2O4S. The van der Waals surface area contributed by atoms with E-state index in [2.05, 4.69) is 10.0 Å². The summed E-state index contributed by atoms with van der Waals surface area (Å²) in [6, 6.07) is 16.4. The van der Waals surface area contributed by atoms with Crippen molar-refractivity contribution in [3.63, 3.8) is 0 Å². The largest absolute Gasteiger partial charge is 0.494 e. The topological polar surface area (TPSA) is 84.5 Å². The van der Waals surface area contributed by atoms with E-state index in [9.17, 15) is 22.0 Å². The monoisotopic (exact) mass is 446 g/mol. The molecule has 6 nitrogen and oxygen atoms in total. The summed E-state index contributed by atoms with van der Waals surface area (Å²) in [5.74, 6) is -0.992. The van der Waals surface area contributed by atoms with Gasteiger partial charge in [0.05, 0.1) is 17.2 Å². The van der Waals surface area contributed by atoms with Gasteiger partial charge >= 0.3 is 0 Å². The van der Waals surface area contributed by atoms with Gasteiger partial charge in [-0.2, -0.15) is 0 Å². The summed E-state index contributed by atoms with van der Waals surface area (Å²) in [6.07, 6.45) is 0.496. The molecule has 0 atom stereocenters. The first-order valence-electron chi connectivity index (χ1n) is 9.39. The van der Waals surface area contributed by atoms with E-state index in [-0.39, 0.29) is 22.0 Å². The number of nitrogens with one attached hydrogen (secondary N) is 2. The smallest absolute Gasteiger partial charge is 0.262 e. The average molecular weight is 446 g/mol. The van der Waals surface area contributed by atoms with Crippen LogP contribution in [0.2, 0.25) is 0 Å². The Hall–Kier alpha value is -3.46. The maximum atomic E-state index is 13.8. The second kappa shape index (κ2) is 10.0. The molecule has 0 unspecified atom stereocenters. The molecule has 0 aliphatic carbocycles. The van der Waals surface area contributed by atoms with Crippen molar-refractivity contribution in [2.45, 2.75) is 11.3 Å². The lowest BCUT2D eigenvalue weighted by Gasteiger charge is -2.11. The van der Waals surface area contributed by atoms with E-state index in [1.165, 1.54) is 66.7 Å². The Kier molecular flexibility index (Phi) is 7.19. The number of halogens is 2. The van der Waals surface area contributed by atoms with E-state index < -0.39 is 21.7 Å². The number of hydrogen-bond acceptors (Lipinski definition) is 4. The van der Waals surface area contributed by atoms with Gasteiger partial charge in [0.1, 0.15) is 17.4 Å². The van der Waals surface area contributed by atoms with Crippen LogP contribution in [0.5, 0.6) is 5.75 Å². The minimum Gasteiger partial charge on any atom is -0.494 e. The molecule has 0 aliphatic heterocycles. The molecule has 0 radical (unpaired) electrons. The summed E-state index contributed by atoms with van der Waals surface area (Å²) >= 11 is 0. The lowest BCUT2D eigenvalue weighted by molar-refractivity contribution is 0.0951. The molecule has 0 aromatic heterocycles. The molecule has 162 valence electrons. The number of para-hydroxylation sites is 1. The molecule has 31 heavy (non-hydrogen) atoms. The van der Waals surface area contributed by atoms with E-state index >= 15 is 0 Å². The maximum Gasteiger partial charge on any atom is 0.262 e. The first-order valence-corrected chi connectivity index (χ1v) is 10.9. The van der Waals surface area contributed by atoms with Crippen molar-refractivity contribution in [1.82, 2.24) is 5.32 Å². The third-order valence-electron chi connectivity index (χ3n) is 4.21. The molecule has 3 aromatic carbocycles. The van der Waals surface area contributed by atoms with Crippen LogP contribution in [0.1, 0.15) is 16.8 Å². The Labute approximate surface area is 178 Å². The van der Waals surface area contributed by atoms with Crippen molar-refractivity contribution in [3.05, 3.63) is 90.0 Å². The summed E-state index contributed by atoms with van der Waals surface area (Å²) in [4.78, 5) is 12.2. The van der Waals surface area contributed by atoms with E-state index in [0.29, 0.717) is 25.3 Å². The van der Waals surface area contributed by atoms with E-state index in [4.69, 9.17) is 4.74 Å². The Morgan fingerprint density at radius 3 is 2.42 bits per heavy atom. The molecule has 1 amide bonds. The second-order valence-electron chi connectivity index (χ2n) is 6.53. The van der Waals surface area contributed by atoms with Gasteiger partial charge in [0.15, 0.2) is 0 Å². The number of rotatable bonds is 9. The lowest BCUT2D eigenvalue weighted by Crippen LogP contribution is -2.26. The van der Waals surface area contributed by atoms with Gasteiger partial charge in [-0.25, -0.2) is 17.2 Å². The number of anilines is 1. The van der Waals surface area contributed by atoms with Crippen molar-refractivity contribution in [2.24, 2.45) is 0 Å². The minimum absolute atomic E-state index is 0.149. The zero-order valence-electron chi connectivity index (χ0n) is 16.3. The van der Waals surface area contributed by atoms with Crippen LogP contribution < -0.4 is 14.8 Å². The zero-order chi connectivity index (χ0) is 22.3. The summed E-state index contributed by atoms with van der Waals surface area (Å²) < 4.78 is 59.3. The number of carbonyl (C=O) groups excluding carboxylic acids is 1. The van der Waals surface area contributed by atoms with Gasteiger partial charge in [-0.3, -0.25) is 9.52 Å². The van der Waals surface area contributed by atoms with Crippen LogP contribution in [-0.2, 0) is 10.0 Å². The van der Waals surface area contributed by atoms with Gasteiger partial charge in [0.25, 0.3) is 15.9 Å². The standard InChI is InChI=1S/C22H20F2N2O4S/c23-17-9-11-18(12-10-17)30-14-4-13-25-22(27)16-5-3-6-19(15-16)31(28,29)26-21-8-2-1-7-20(21)24/h1-3,5-12,15,26H,4,13-14H2,(H,25,27). The molecule has 2 N–H and O–H groups in total. The number of ether oxygens (including phenoxy) is 1. The predicted octanol–water partition coefficient (Wildman–Crippen LogP) is 3.96. The molecule has 0 aliphatic rings. The fourth-order valence-electron chi connectivity index (χ4n) is 2.65. The van der Waals surface area contributed by atoms with Gasteiger partial charge in [-0.1, -0.05) is 18.2 Å². The van der Waals surface area contributed by atoms with E-state index in [1.54, 1.807) is 0 Å². The fourth-order valence-corrected chi connectivity index (χ4v) is 3.76. The Balaban J connectivity index is 1.54. The first kappa shape index (κ1) is 22.2. The molecule has 0 heterocycles. The zero-order valence-corrected chi connectivity index (χ0v) is 17.2. The highest BCUT2D eigenvalue weighted by atomic mass is 32.2. The van der Waals surface area contributed by atoms with E-state index in [1.807, 2.05) is 0 Å². The van der Waals surface area contributed by atoms with Crippen molar-refractivity contribution in [2.75, 3.05) is 17.9 Å². The fraction of sp³-hybridized carbons (Fsp3) is 0.136. The van der Waals surface area contributed by atoms with Crippen LogP contribution in [0, 0.1) is 11.6 Å². The highest BCUT2D eigenvalue weighted by Gasteiger charge is 2.18. The SMILES string of the molecule is O=C(NCCCOc1ccc(F)cc1)c1cccc(S(=O)(=O)Nc2ccccc2F)c1. The highest BCUT2D eigenvalue weighted by molar-refractivity contribution is 7.92. The number of amides is 1. The van der Waals surface area contributed by atoms with Crippen LogP contribution in [0.25, 0.3) is 0 Å². The second-order valence-corrected chi connectivity index (χ2v) is 8.21. The molecule has 0 saturated carbocycles.